The van der Waals surface area contributed by atoms with E-state index in [1.54, 1.807) is 20.8 Å². The highest BCUT2D eigenvalue weighted by atomic mass is 32.2. The van der Waals surface area contributed by atoms with Crippen LogP contribution in [0.1, 0.15) is 42.3 Å². The summed E-state index contributed by atoms with van der Waals surface area (Å²) in [6.07, 6.45) is 0. The van der Waals surface area contributed by atoms with E-state index < -0.39 is 15.6 Å². The molecule has 0 saturated carbocycles. The topological polar surface area (TPSA) is 95.6 Å². The highest BCUT2D eigenvalue weighted by Crippen LogP contribution is 2.19. The molecule has 30 heavy (non-hydrogen) atoms. The highest BCUT2D eigenvalue weighted by molar-refractivity contribution is 7.89. The molecule has 0 radical (unpaired) electrons. The van der Waals surface area contributed by atoms with Crippen molar-refractivity contribution >= 4 is 27.5 Å². The average Bonchev–Trinajstić information content (AvgIpc) is 2.62. The third-order valence-corrected chi connectivity index (χ3v) is 6.10. The highest BCUT2D eigenvalue weighted by Gasteiger charge is 2.23. The van der Waals surface area contributed by atoms with Crippen LogP contribution in [0.4, 0.5) is 5.69 Å². The maximum Gasteiger partial charge on any atom is 0.254 e. The van der Waals surface area contributed by atoms with Crippen molar-refractivity contribution in [2.75, 3.05) is 18.9 Å². The summed E-state index contributed by atoms with van der Waals surface area (Å²) in [7, 11) is -2.16. The van der Waals surface area contributed by atoms with E-state index in [0.29, 0.717) is 5.56 Å². The van der Waals surface area contributed by atoms with Crippen LogP contribution in [0.25, 0.3) is 0 Å². The second-order valence-electron chi connectivity index (χ2n) is 8.36. The van der Waals surface area contributed by atoms with Crippen LogP contribution >= 0.6 is 0 Å². The second kappa shape index (κ2) is 8.97. The lowest BCUT2D eigenvalue weighted by Crippen LogP contribution is -2.40. The summed E-state index contributed by atoms with van der Waals surface area (Å²) < 4.78 is 27.3. The van der Waals surface area contributed by atoms with Crippen molar-refractivity contribution < 1.29 is 18.0 Å². The molecule has 2 rings (SSSR count). The van der Waals surface area contributed by atoms with Gasteiger partial charge in [0.05, 0.1) is 11.4 Å². The summed E-state index contributed by atoms with van der Waals surface area (Å²) >= 11 is 0. The lowest BCUT2D eigenvalue weighted by molar-refractivity contribution is -0.116. The van der Waals surface area contributed by atoms with E-state index in [1.165, 1.54) is 36.2 Å². The van der Waals surface area contributed by atoms with Gasteiger partial charge in [0, 0.05) is 23.8 Å². The maximum atomic E-state index is 12.6. The zero-order valence-electron chi connectivity index (χ0n) is 18.2. The first-order valence-electron chi connectivity index (χ1n) is 9.56. The average molecular weight is 432 g/mol. The minimum atomic E-state index is -3.68. The number of hydrogen-bond acceptors (Lipinski definition) is 4. The van der Waals surface area contributed by atoms with Crippen molar-refractivity contribution in [3.8, 4) is 0 Å². The van der Waals surface area contributed by atoms with Crippen molar-refractivity contribution in [2.45, 2.75) is 45.1 Å². The fourth-order valence-corrected chi connectivity index (χ4v) is 4.36. The molecule has 162 valence electrons. The van der Waals surface area contributed by atoms with E-state index >= 15 is 0 Å². The van der Waals surface area contributed by atoms with E-state index in [0.717, 1.165) is 16.8 Å². The first-order valence-corrected chi connectivity index (χ1v) is 11.0. The summed E-state index contributed by atoms with van der Waals surface area (Å²) in [5, 5.41) is 2.85. The summed E-state index contributed by atoms with van der Waals surface area (Å²) in [5.41, 5.74) is 2.31. The molecule has 0 heterocycles. The van der Waals surface area contributed by atoms with Crippen LogP contribution in [0.2, 0.25) is 0 Å². The number of nitrogens with zero attached hydrogens (tertiary/aromatic N) is 1. The molecular formula is C22H29N3O4S. The van der Waals surface area contributed by atoms with Gasteiger partial charge < -0.3 is 10.2 Å². The van der Waals surface area contributed by atoms with Crippen molar-refractivity contribution in [3.05, 3.63) is 59.2 Å². The molecule has 0 aliphatic rings. The van der Waals surface area contributed by atoms with E-state index in [4.69, 9.17) is 0 Å². The normalized spacial score (nSPS) is 11.8. The molecule has 8 heteroatoms. The van der Waals surface area contributed by atoms with Crippen LogP contribution in [0.3, 0.4) is 0 Å². The number of amides is 2. The number of hydrogen-bond donors (Lipinski definition) is 2. The van der Waals surface area contributed by atoms with Gasteiger partial charge in [-0.15, -0.1) is 0 Å². The molecule has 7 nitrogen and oxygen atoms in total. The minimum Gasteiger partial charge on any atom is -0.332 e. The monoisotopic (exact) mass is 431 g/mol. The number of para-hydroxylation sites is 1. The van der Waals surface area contributed by atoms with Crippen LogP contribution in [0.15, 0.2) is 47.4 Å². The van der Waals surface area contributed by atoms with E-state index in [2.05, 4.69) is 10.0 Å². The number of carbonyl (C=O) groups is 2. The van der Waals surface area contributed by atoms with Crippen LogP contribution in [0, 0.1) is 13.8 Å². The van der Waals surface area contributed by atoms with Crippen molar-refractivity contribution in [1.82, 2.24) is 9.62 Å². The molecule has 0 bridgehead atoms. The van der Waals surface area contributed by atoms with Gasteiger partial charge in [0.1, 0.15) is 0 Å². The molecule has 0 saturated heterocycles. The summed E-state index contributed by atoms with van der Waals surface area (Å²) in [5.74, 6) is -0.684. The number of aryl methyl sites for hydroxylation is 2. The zero-order valence-corrected chi connectivity index (χ0v) is 19.1. The summed E-state index contributed by atoms with van der Waals surface area (Å²) in [6, 6.07) is 11.4. The number of anilines is 1. The van der Waals surface area contributed by atoms with Gasteiger partial charge in [0.2, 0.25) is 15.9 Å². The smallest absolute Gasteiger partial charge is 0.254 e. The van der Waals surface area contributed by atoms with Gasteiger partial charge in [0.15, 0.2) is 0 Å². The molecule has 2 aromatic carbocycles. The first-order chi connectivity index (χ1) is 13.8. The molecule has 0 fully saturated rings. The number of sulfonamides is 1. The third kappa shape index (κ3) is 6.14. The molecule has 0 atom stereocenters. The van der Waals surface area contributed by atoms with Crippen LogP contribution in [-0.4, -0.2) is 44.3 Å². The number of benzene rings is 2. The molecule has 0 aliphatic carbocycles. The Labute approximate surface area is 178 Å². The Hall–Kier alpha value is -2.71. The Balaban J connectivity index is 2.06. The summed E-state index contributed by atoms with van der Waals surface area (Å²) in [4.78, 5) is 26.4. The standard InChI is InChI=1S/C22H29N3O4S/c1-15-8-7-9-16(2)20(15)23-19(26)14-25(6)21(27)17-10-12-18(13-11-17)30(28,29)24-22(3,4)5/h7-13,24H,14H2,1-6H3,(H,23,26). The predicted molar refractivity (Wildman–Crippen MR) is 118 cm³/mol. The molecule has 0 aliphatic heterocycles. The lowest BCUT2D eigenvalue weighted by atomic mass is 10.1. The van der Waals surface area contributed by atoms with E-state index in [9.17, 15) is 18.0 Å². The van der Waals surface area contributed by atoms with Gasteiger partial charge in [-0.05, 0) is 70.0 Å². The fraction of sp³-hybridized carbons (Fsp3) is 0.364. The molecule has 2 aromatic rings. The number of carbonyl (C=O) groups excluding carboxylic acids is 2. The first kappa shape index (κ1) is 23.6. The Morgan fingerprint density at radius 3 is 2.00 bits per heavy atom. The molecule has 0 spiro atoms. The Morgan fingerprint density at radius 2 is 1.50 bits per heavy atom. The molecule has 0 aromatic heterocycles. The number of likely N-dealkylation sites (N-methyl/N-ethyl adjacent to an activating group) is 1. The third-order valence-electron chi connectivity index (χ3n) is 4.33. The van der Waals surface area contributed by atoms with Gasteiger partial charge in [-0.3, -0.25) is 9.59 Å². The van der Waals surface area contributed by atoms with Gasteiger partial charge in [0.25, 0.3) is 5.91 Å². The maximum absolute atomic E-state index is 12.6. The van der Waals surface area contributed by atoms with Gasteiger partial charge >= 0.3 is 0 Å². The number of rotatable bonds is 6. The van der Waals surface area contributed by atoms with E-state index in [-0.39, 0.29) is 23.3 Å². The minimum absolute atomic E-state index is 0.0735. The SMILES string of the molecule is Cc1cccc(C)c1NC(=O)CN(C)C(=O)c1ccc(S(=O)(=O)NC(C)(C)C)cc1. The molecular weight excluding hydrogens is 402 g/mol. The van der Waals surface area contributed by atoms with Crippen LogP contribution in [0.5, 0.6) is 0 Å². The predicted octanol–water partition coefficient (Wildman–Crippen LogP) is 3.09. The molecule has 0 unspecified atom stereocenters. The largest absolute Gasteiger partial charge is 0.332 e. The zero-order chi connectivity index (χ0) is 22.7. The van der Waals surface area contributed by atoms with Gasteiger partial charge in [-0.2, -0.15) is 0 Å². The van der Waals surface area contributed by atoms with Crippen molar-refractivity contribution in [2.24, 2.45) is 0 Å². The Morgan fingerprint density at radius 1 is 0.967 bits per heavy atom. The summed E-state index contributed by atoms with van der Waals surface area (Å²) in [6.45, 7) is 8.93. The van der Waals surface area contributed by atoms with E-state index in [1.807, 2.05) is 32.0 Å². The fourth-order valence-electron chi connectivity index (χ4n) is 2.94. The Bertz CT molecular complexity index is 1020. The van der Waals surface area contributed by atoms with Crippen LogP contribution < -0.4 is 10.0 Å². The van der Waals surface area contributed by atoms with Gasteiger partial charge in [-0.25, -0.2) is 13.1 Å². The molecule has 2 amide bonds. The van der Waals surface area contributed by atoms with Gasteiger partial charge in [-0.1, -0.05) is 18.2 Å². The van der Waals surface area contributed by atoms with Crippen molar-refractivity contribution in [3.63, 3.8) is 0 Å². The van der Waals surface area contributed by atoms with Crippen LogP contribution in [-0.2, 0) is 14.8 Å². The quantitative estimate of drug-likeness (QED) is 0.735. The molecule has 2 N–H and O–H groups in total. The number of nitrogens with one attached hydrogen (secondary N) is 2. The lowest BCUT2D eigenvalue weighted by Gasteiger charge is -2.21. The van der Waals surface area contributed by atoms with Crippen molar-refractivity contribution in [1.29, 1.82) is 0 Å². The second-order valence-corrected chi connectivity index (χ2v) is 10.0. The Kier molecular flexibility index (Phi) is 7.05.